The number of nitrogens with zero attached hydrogens (tertiary/aromatic N) is 3. The standard InChI is InChI=1S/C26H26N4O2/c1-28-21-10-9-19(32-2)16-18(21)17-23(28)25(31)29-14-11-26(12-15-29)24-8-5-13-30(24)22-7-4-3-6-20(22)27-26/h3-10,13,16-17,27H,11-12,14-15H2,1-2H3. The van der Waals surface area contributed by atoms with Gasteiger partial charge in [0.2, 0.25) is 0 Å². The number of nitrogens with one attached hydrogen (secondary N) is 1. The highest BCUT2D eigenvalue weighted by atomic mass is 16.5. The third kappa shape index (κ3) is 2.68. The summed E-state index contributed by atoms with van der Waals surface area (Å²) in [6.45, 7) is 1.42. The van der Waals surface area contributed by atoms with Crippen molar-refractivity contribution in [3.63, 3.8) is 0 Å². The molecule has 6 nitrogen and oxygen atoms in total. The molecular formula is C26H26N4O2. The molecular weight excluding hydrogens is 400 g/mol. The number of aryl methyl sites for hydroxylation is 1. The largest absolute Gasteiger partial charge is 0.497 e. The van der Waals surface area contributed by atoms with E-state index in [1.165, 1.54) is 11.4 Å². The van der Waals surface area contributed by atoms with Gasteiger partial charge in [-0.15, -0.1) is 0 Å². The number of amides is 1. The van der Waals surface area contributed by atoms with Crippen LogP contribution in [0.2, 0.25) is 0 Å². The fourth-order valence-electron chi connectivity index (χ4n) is 5.39. The van der Waals surface area contributed by atoms with E-state index in [4.69, 9.17) is 4.74 Å². The van der Waals surface area contributed by atoms with Crippen molar-refractivity contribution in [1.29, 1.82) is 0 Å². The van der Waals surface area contributed by atoms with Gasteiger partial charge in [0.05, 0.1) is 24.0 Å². The highest BCUT2D eigenvalue weighted by molar-refractivity contribution is 5.99. The first-order valence-corrected chi connectivity index (χ1v) is 11.1. The van der Waals surface area contributed by atoms with Crippen LogP contribution in [0.15, 0.2) is 66.9 Å². The Morgan fingerprint density at radius 3 is 2.66 bits per heavy atom. The van der Waals surface area contributed by atoms with E-state index in [0.29, 0.717) is 13.1 Å². The molecule has 6 heteroatoms. The predicted molar refractivity (Wildman–Crippen MR) is 126 cm³/mol. The zero-order valence-electron chi connectivity index (χ0n) is 18.3. The monoisotopic (exact) mass is 426 g/mol. The number of carbonyl (C=O) groups is 1. The Morgan fingerprint density at radius 1 is 1.03 bits per heavy atom. The molecule has 2 aliphatic heterocycles. The Hall–Kier alpha value is -3.67. The summed E-state index contributed by atoms with van der Waals surface area (Å²) in [6.07, 6.45) is 3.88. The zero-order valence-corrected chi connectivity index (χ0v) is 18.3. The summed E-state index contributed by atoms with van der Waals surface area (Å²) < 4.78 is 9.63. The second-order valence-electron chi connectivity index (χ2n) is 8.79. The van der Waals surface area contributed by atoms with E-state index >= 15 is 0 Å². The minimum Gasteiger partial charge on any atom is -0.497 e. The van der Waals surface area contributed by atoms with Crippen LogP contribution in [0.4, 0.5) is 5.69 Å². The minimum atomic E-state index is -0.152. The van der Waals surface area contributed by atoms with E-state index in [1.54, 1.807) is 7.11 Å². The number of aromatic nitrogens is 2. The lowest BCUT2D eigenvalue weighted by Crippen LogP contribution is -2.51. The molecule has 0 aliphatic carbocycles. The summed E-state index contributed by atoms with van der Waals surface area (Å²) in [4.78, 5) is 15.5. The van der Waals surface area contributed by atoms with Gasteiger partial charge >= 0.3 is 0 Å². The van der Waals surface area contributed by atoms with Crippen LogP contribution in [-0.4, -0.2) is 40.1 Å². The molecule has 2 aliphatic rings. The average molecular weight is 427 g/mol. The topological polar surface area (TPSA) is 51.4 Å². The Kier molecular flexibility index (Phi) is 4.12. The average Bonchev–Trinajstić information content (AvgIpc) is 3.45. The molecule has 1 amide bonds. The molecule has 1 saturated heterocycles. The zero-order chi connectivity index (χ0) is 21.9. The molecule has 4 aromatic rings. The van der Waals surface area contributed by atoms with Crippen LogP contribution in [0.5, 0.6) is 5.75 Å². The molecule has 2 aromatic heterocycles. The molecule has 2 aromatic carbocycles. The van der Waals surface area contributed by atoms with Crippen LogP contribution >= 0.6 is 0 Å². The molecule has 1 fully saturated rings. The third-order valence-electron chi connectivity index (χ3n) is 7.15. The summed E-state index contributed by atoms with van der Waals surface area (Å²) in [6, 6.07) is 20.6. The summed E-state index contributed by atoms with van der Waals surface area (Å²) >= 11 is 0. The minimum absolute atomic E-state index is 0.0871. The number of likely N-dealkylation sites (tertiary alicyclic amines) is 1. The highest BCUT2D eigenvalue weighted by Gasteiger charge is 2.42. The number of hydrogen-bond donors (Lipinski definition) is 1. The van der Waals surface area contributed by atoms with Gasteiger partial charge in [0, 0.05) is 42.9 Å². The van der Waals surface area contributed by atoms with Crippen molar-refractivity contribution in [2.24, 2.45) is 7.05 Å². The van der Waals surface area contributed by atoms with Gasteiger partial charge in [-0.25, -0.2) is 0 Å². The number of fused-ring (bicyclic) bond motifs is 5. The highest BCUT2D eigenvalue weighted by Crippen LogP contribution is 2.43. The van der Waals surface area contributed by atoms with Crippen LogP contribution < -0.4 is 10.1 Å². The van der Waals surface area contributed by atoms with Gasteiger partial charge < -0.3 is 24.1 Å². The number of piperidine rings is 1. The van der Waals surface area contributed by atoms with E-state index in [-0.39, 0.29) is 11.4 Å². The number of carbonyl (C=O) groups excluding carboxylic acids is 1. The van der Waals surface area contributed by atoms with Gasteiger partial charge in [-0.05, 0) is 61.4 Å². The Labute approximate surface area is 187 Å². The second kappa shape index (κ2) is 6.92. The number of anilines is 1. The summed E-state index contributed by atoms with van der Waals surface area (Å²) in [5, 5.41) is 4.84. The van der Waals surface area contributed by atoms with Gasteiger partial charge in [0.1, 0.15) is 11.4 Å². The number of para-hydroxylation sites is 2. The van der Waals surface area contributed by atoms with Gasteiger partial charge in [-0.2, -0.15) is 0 Å². The van der Waals surface area contributed by atoms with Crippen molar-refractivity contribution in [3.05, 3.63) is 78.2 Å². The lowest BCUT2D eigenvalue weighted by molar-refractivity contribution is 0.0667. The maximum Gasteiger partial charge on any atom is 0.270 e. The summed E-state index contributed by atoms with van der Waals surface area (Å²) in [5.74, 6) is 0.887. The van der Waals surface area contributed by atoms with E-state index in [9.17, 15) is 4.79 Å². The van der Waals surface area contributed by atoms with E-state index in [0.717, 1.165) is 40.9 Å². The molecule has 32 heavy (non-hydrogen) atoms. The molecule has 0 radical (unpaired) electrons. The molecule has 1 spiro atoms. The number of ether oxygens (including phenoxy) is 1. The van der Waals surface area contributed by atoms with Crippen LogP contribution in [0.25, 0.3) is 16.6 Å². The van der Waals surface area contributed by atoms with Gasteiger partial charge in [-0.1, -0.05) is 12.1 Å². The Morgan fingerprint density at radius 2 is 1.84 bits per heavy atom. The fourth-order valence-corrected chi connectivity index (χ4v) is 5.39. The van der Waals surface area contributed by atoms with E-state index in [2.05, 4.69) is 52.5 Å². The van der Waals surface area contributed by atoms with Crippen LogP contribution in [0.1, 0.15) is 29.0 Å². The molecule has 6 rings (SSSR count). The number of benzene rings is 2. The smallest absolute Gasteiger partial charge is 0.270 e. The molecule has 0 saturated carbocycles. The quantitative estimate of drug-likeness (QED) is 0.512. The molecule has 1 N–H and O–H groups in total. The number of hydrogen-bond acceptors (Lipinski definition) is 3. The summed E-state index contributed by atoms with van der Waals surface area (Å²) in [7, 11) is 3.62. The van der Waals surface area contributed by atoms with Gasteiger partial charge in [0.15, 0.2) is 0 Å². The molecule has 0 unspecified atom stereocenters. The molecule has 0 atom stereocenters. The van der Waals surface area contributed by atoms with Crippen molar-refractivity contribution in [3.8, 4) is 11.4 Å². The van der Waals surface area contributed by atoms with Crippen molar-refractivity contribution in [2.75, 3.05) is 25.5 Å². The van der Waals surface area contributed by atoms with Crippen molar-refractivity contribution < 1.29 is 9.53 Å². The van der Waals surface area contributed by atoms with Crippen LogP contribution in [0.3, 0.4) is 0 Å². The lowest BCUT2D eigenvalue weighted by Gasteiger charge is -2.46. The Balaban J connectivity index is 1.27. The van der Waals surface area contributed by atoms with Crippen molar-refractivity contribution in [2.45, 2.75) is 18.4 Å². The predicted octanol–water partition coefficient (Wildman–Crippen LogP) is 4.53. The third-order valence-corrected chi connectivity index (χ3v) is 7.15. The normalized spacial score (nSPS) is 16.5. The maximum atomic E-state index is 13.5. The first-order chi connectivity index (χ1) is 15.6. The summed E-state index contributed by atoms with van der Waals surface area (Å²) in [5.41, 5.74) is 5.21. The van der Waals surface area contributed by atoms with E-state index < -0.39 is 0 Å². The van der Waals surface area contributed by atoms with Crippen molar-refractivity contribution in [1.82, 2.24) is 14.0 Å². The number of rotatable bonds is 2. The SMILES string of the molecule is COc1ccc2c(c1)cc(C(=O)N1CCC3(CC1)Nc1ccccc1-n1cccc13)n2C. The molecule has 0 bridgehead atoms. The van der Waals surface area contributed by atoms with Crippen molar-refractivity contribution >= 4 is 22.5 Å². The van der Waals surface area contributed by atoms with E-state index in [1.807, 2.05) is 40.8 Å². The van der Waals surface area contributed by atoms with Crippen LogP contribution in [0, 0.1) is 0 Å². The molecule has 162 valence electrons. The number of methoxy groups -OCH3 is 1. The second-order valence-corrected chi connectivity index (χ2v) is 8.79. The van der Waals surface area contributed by atoms with Gasteiger partial charge in [-0.3, -0.25) is 4.79 Å². The fraction of sp³-hybridized carbons (Fsp3) is 0.269. The Bertz CT molecular complexity index is 1340. The maximum absolute atomic E-state index is 13.5. The lowest BCUT2D eigenvalue weighted by atomic mass is 9.82. The molecule has 4 heterocycles. The first kappa shape index (κ1) is 19.0. The van der Waals surface area contributed by atoms with Gasteiger partial charge in [0.25, 0.3) is 5.91 Å². The first-order valence-electron chi connectivity index (χ1n) is 11.1. The van der Waals surface area contributed by atoms with Crippen LogP contribution in [-0.2, 0) is 12.6 Å².